The summed E-state index contributed by atoms with van der Waals surface area (Å²) < 4.78 is 0. The van der Waals surface area contributed by atoms with E-state index in [4.69, 9.17) is 5.73 Å². The summed E-state index contributed by atoms with van der Waals surface area (Å²) in [5, 5.41) is 5.40. The molecule has 0 saturated heterocycles. The van der Waals surface area contributed by atoms with E-state index in [2.05, 4.69) is 29.6 Å². The van der Waals surface area contributed by atoms with Gasteiger partial charge in [0.15, 0.2) is 0 Å². The van der Waals surface area contributed by atoms with Crippen LogP contribution in [0.2, 0.25) is 0 Å². The molecular formula is C18H25ClN2O. The molecule has 0 saturated carbocycles. The fourth-order valence-electron chi connectivity index (χ4n) is 2.70. The maximum absolute atomic E-state index is 12.3. The van der Waals surface area contributed by atoms with Crippen molar-refractivity contribution in [3.8, 4) is 0 Å². The van der Waals surface area contributed by atoms with E-state index in [0.29, 0.717) is 6.42 Å². The summed E-state index contributed by atoms with van der Waals surface area (Å²) in [6, 6.07) is 14.3. The Morgan fingerprint density at radius 2 is 1.86 bits per heavy atom. The summed E-state index contributed by atoms with van der Waals surface area (Å²) in [7, 11) is 0. The smallest absolute Gasteiger partial charge is 0.240 e. The highest BCUT2D eigenvalue weighted by molar-refractivity contribution is 5.89. The van der Waals surface area contributed by atoms with E-state index in [-0.39, 0.29) is 24.4 Å². The summed E-state index contributed by atoms with van der Waals surface area (Å²) in [6.45, 7) is 5.83. The van der Waals surface area contributed by atoms with Crippen molar-refractivity contribution in [3.63, 3.8) is 0 Å². The number of halogens is 1. The number of carbonyl (C=O) groups is 1. The monoisotopic (exact) mass is 320 g/mol. The third-order valence-corrected chi connectivity index (χ3v) is 3.93. The van der Waals surface area contributed by atoms with Crippen LogP contribution >= 0.6 is 12.4 Å². The molecule has 2 aromatic carbocycles. The normalized spacial score (nSPS) is 14.7. The molecule has 0 heterocycles. The lowest BCUT2D eigenvalue weighted by Crippen LogP contribution is -2.52. The Hall–Kier alpha value is -1.58. The fourth-order valence-corrected chi connectivity index (χ4v) is 2.70. The first-order chi connectivity index (χ1) is 9.95. The lowest BCUT2D eigenvalue weighted by molar-refractivity contribution is -0.126. The second-order valence-electron chi connectivity index (χ2n) is 5.93. The van der Waals surface area contributed by atoms with Crippen LogP contribution in [0.4, 0.5) is 0 Å². The van der Waals surface area contributed by atoms with Gasteiger partial charge in [-0.25, -0.2) is 0 Å². The Bertz CT molecular complexity index is 635. The number of hydrogen-bond donors (Lipinski definition) is 2. The Balaban J connectivity index is 0.00000242. The number of benzene rings is 2. The van der Waals surface area contributed by atoms with Gasteiger partial charge in [0, 0.05) is 0 Å². The molecule has 120 valence electrons. The molecule has 0 aliphatic heterocycles. The molecule has 0 fully saturated rings. The minimum absolute atomic E-state index is 0. The molecule has 0 bridgehead atoms. The average Bonchev–Trinajstić information content (AvgIpc) is 2.46. The molecule has 0 spiro atoms. The summed E-state index contributed by atoms with van der Waals surface area (Å²) in [4.78, 5) is 12.3. The summed E-state index contributed by atoms with van der Waals surface area (Å²) in [5.74, 6) is -0.0928. The molecule has 0 radical (unpaired) electrons. The zero-order chi connectivity index (χ0) is 15.5. The average molecular weight is 321 g/mol. The first-order valence-electron chi connectivity index (χ1n) is 7.53. The van der Waals surface area contributed by atoms with Crippen molar-refractivity contribution in [1.82, 2.24) is 5.32 Å². The largest absolute Gasteiger partial charge is 0.348 e. The standard InChI is InChI=1S/C18H24N2O.ClH/c1-4-12-18(3,19)17(21)20-13(2)15-11-7-9-14-8-5-6-10-16(14)15;/h5-11,13H,4,12,19H2,1-3H3,(H,20,21);1H. The lowest BCUT2D eigenvalue weighted by Gasteiger charge is -2.26. The molecule has 2 unspecified atom stereocenters. The Labute approximate surface area is 138 Å². The Morgan fingerprint density at radius 1 is 1.23 bits per heavy atom. The van der Waals surface area contributed by atoms with Crippen molar-refractivity contribution < 1.29 is 4.79 Å². The molecule has 1 amide bonds. The second kappa shape index (κ2) is 7.61. The predicted octanol–water partition coefficient (Wildman–Crippen LogP) is 3.96. The molecule has 0 aliphatic carbocycles. The van der Waals surface area contributed by atoms with E-state index in [9.17, 15) is 4.79 Å². The molecule has 3 nitrogen and oxygen atoms in total. The maximum Gasteiger partial charge on any atom is 0.240 e. The summed E-state index contributed by atoms with van der Waals surface area (Å²) in [6.07, 6.45) is 1.57. The predicted molar refractivity (Wildman–Crippen MR) is 95.3 cm³/mol. The van der Waals surface area contributed by atoms with E-state index in [0.717, 1.165) is 12.0 Å². The van der Waals surface area contributed by atoms with Gasteiger partial charge >= 0.3 is 0 Å². The zero-order valence-electron chi connectivity index (χ0n) is 13.4. The van der Waals surface area contributed by atoms with E-state index < -0.39 is 5.54 Å². The van der Waals surface area contributed by atoms with Gasteiger partial charge in [-0.2, -0.15) is 0 Å². The van der Waals surface area contributed by atoms with Crippen LogP contribution in [0.1, 0.15) is 45.2 Å². The van der Waals surface area contributed by atoms with Gasteiger partial charge in [0.2, 0.25) is 5.91 Å². The van der Waals surface area contributed by atoms with E-state index in [1.165, 1.54) is 10.8 Å². The summed E-state index contributed by atoms with van der Waals surface area (Å²) >= 11 is 0. The SMILES string of the molecule is CCCC(C)(N)C(=O)NC(C)c1cccc2ccccc12.Cl. The third kappa shape index (κ3) is 3.99. The number of nitrogens with one attached hydrogen (secondary N) is 1. The Morgan fingerprint density at radius 3 is 2.55 bits per heavy atom. The number of carbonyl (C=O) groups excluding carboxylic acids is 1. The van der Waals surface area contributed by atoms with Crippen molar-refractivity contribution in [3.05, 3.63) is 48.0 Å². The molecule has 3 N–H and O–H groups in total. The number of rotatable bonds is 5. The van der Waals surface area contributed by atoms with Crippen LogP contribution < -0.4 is 11.1 Å². The molecule has 0 aliphatic rings. The minimum atomic E-state index is -0.812. The van der Waals surface area contributed by atoms with Crippen molar-refractivity contribution in [2.24, 2.45) is 5.73 Å². The highest BCUT2D eigenvalue weighted by atomic mass is 35.5. The minimum Gasteiger partial charge on any atom is -0.348 e. The van der Waals surface area contributed by atoms with Crippen LogP contribution in [0.3, 0.4) is 0 Å². The zero-order valence-corrected chi connectivity index (χ0v) is 14.2. The van der Waals surface area contributed by atoms with Gasteiger partial charge < -0.3 is 11.1 Å². The number of nitrogens with two attached hydrogens (primary N) is 1. The van der Waals surface area contributed by atoms with Crippen molar-refractivity contribution in [2.45, 2.75) is 45.2 Å². The van der Waals surface area contributed by atoms with Gasteiger partial charge in [0.25, 0.3) is 0 Å². The number of amides is 1. The molecule has 0 aromatic heterocycles. The highest BCUT2D eigenvalue weighted by Gasteiger charge is 2.28. The highest BCUT2D eigenvalue weighted by Crippen LogP contribution is 2.24. The van der Waals surface area contributed by atoms with Gasteiger partial charge in [-0.15, -0.1) is 12.4 Å². The molecular weight excluding hydrogens is 296 g/mol. The molecule has 2 rings (SSSR count). The molecule has 22 heavy (non-hydrogen) atoms. The lowest BCUT2D eigenvalue weighted by atomic mass is 9.94. The molecule has 4 heteroatoms. The first kappa shape index (κ1) is 18.5. The van der Waals surface area contributed by atoms with Crippen LogP contribution in [-0.4, -0.2) is 11.4 Å². The van der Waals surface area contributed by atoms with E-state index in [1.807, 2.05) is 32.0 Å². The van der Waals surface area contributed by atoms with Crippen LogP contribution in [0.15, 0.2) is 42.5 Å². The Kier molecular flexibility index (Phi) is 6.39. The van der Waals surface area contributed by atoms with E-state index >= 15 is 0 Å². The van der Waals surface area contributed by atoms with Crippen LogP contribution in [0, 0.1) is 0 Å². The fraction of sp³-hybridized carbons (Fsp3) is 0.389. The first-order valence-corrected chi connectivity index (χ1v) is 7.53. The van der Waals surface area contributed by atoms with Crippen LogP contribution in [-0.2, 0) is 4.79 Å². The molecule has 2 aromatic rings. The number of fused-ring (bicyclic) bond motifs is 1. The van der Waals surface area contributed by atoms with Gasteiger partial charge in [-0.1, -0.05) is 55.8 Å². The van der Waals surface area contributed by atoms with Gasteiger partial charge in [0.05, 0.1) is 11.6 Å². The van der Waals surface area contributed by atoms with Crippen molar-refractivity contribution in [1.29, 1.82) is 0 Å². The molecule has 2 atom stereocenters. The maximum atomic E-state index is 12.3. The van der Waals surface area contributed by atoms with Crippen LogP contribution in [0.5, 0.6) is 0 Å². The van der Waals surface area contributed by atoms with Gasteiger partial charge in [0.1, 0.15) is 0 Å². The second-order valence-corrected chi connectivity index (χ2v) is 5.93. The summed E-state index contributed by atoms with van der Waals surface area (Å²) in [5.41, 5.74) is 6.41. The van der Waals surface area contributed by atoms with Gasteiger partial charge in [-0.05, 0) is 36.6 Å². The third-order valence-electron chi connectivity index (χ3n) is 3.93. The van der Waals surface area contributed by atoms with Crippen LogP contribution in [0.25, 0.3) is 10.8 Å². The number of hydrogen-bond acceptors (Lipinski definition) is 2. The topological polar surface area (TPSA) is 55.1 Å². The quantitative estimate of drug-likeness (QED) is 0.876. The van der Waals surface area contributed by atoms with Gasteiger partial charge in [-0.3, -0.25) is 4.79 Å². The van der Waals surface area contributed by atoms with Crippen molar-refractivity contribution >= 4 is 29.1 Å². The van der Waals surface area contributed by atoms with E-state index in [1.54, 1.807) is 6.92 Å². The van der Waals surface area contributed by atoms with Crippen molar-refractivity contribution in [2.75, 3.05) is 0 Å².